The van der Waals surface area contributed by atoms with Crippen molar-refractivity contribution in [2.24, 2.45) is 0 Å². The Morgan fingerprint density at radius 3 is 1.83 bits per heavy atom. The second kappa shape index (κ2) is 12.0. The summed E-state index contributed by atoms with van der Waals surface area (Å²) in [5, 5.41) is 13.1. The molecule has 0 aliphatic carbocycles. The van der Waals surface area contributed by atoms with Crippen molar-refractivity contribution >= 4 is 33.7 Å². The van der Waals surface area contributed by atoms with Gasteiger partial charge in [0.05, 0.1) is 11.4 Å². The molecule has 0 atom stereocenters. The van der Waals surface area contributed by atoms with Gasteiger partial charge in [-0.05, 0) is 85.8 Å². The highest BCUT2D eigenvalue weighted by molar-refractivity contribution is 6.04. The maximum atomic E-state index is 13.2. The molecule has 0 aliphatic heterocycles. The number of aromatic nitrogens is 4. The number of hydrogen-bond acceptors (Lipinski definition) is 6. The third-order valence-corrected chi connectivity index (χ3v) is 8.56. The first-order chi connectivity index (χ1) is 22.2. The molecule has 6 rings (SSSR count). The largest absolute Gasteiger partial charge is 0.506 e. The molecular formula is C36H34N4O6. The molecule has 46 heavy (non-hydrogen) atoms. The van der Waals surface area contributed by atoms with E-state index in [-0.39, 0.29) is 12.0 Å². The second-order valence-corrected chi connectivity index (χ2v) is 11.1. The van der Waals surface area contributed by atoms with Crippen molar-refractivity contribution in [3.8, 4) is 28.3 Å². The molecule has 4 aromatic heterocycles. The standard InChI is InChI=1S/C36H34N4O6/c1-5-20-19-26(33(42)37-30(20)23-9-11-27-21(17-23)13-15-39(27)7-3)35(44)46-36(45)29-32(41)25(6-2)31(38-34(29)43)24-10-12-28-22(18-24)14-16-40(28)8-4/h9-19H,5-8H2,1-4H3,(H,37,42)(H2,38,41,43). The number of carbonyl (C=O) groups excluding carboxylic acids is 2. The molecule has 10 heteroatoms. The Labute approximate surface area is 263 Å². The fourth-order valence-electron chi connectivity index (χ4n) is 6.12. The van der Waals surface area contributed by atoms with Crippen LogP contribution in [0, 0.1) is 0 Å². The van der Waals surface area contributed by atoms with E-state index in [4.69, 9.17) is 4.74 Å². The van der Waals surface area contributed by atoms with Crippen molar-refractivity contribution in [1.29, 1.82) is 0 Å². The van der Waals surface area contributed by atoms with E-state index in [9.17, 15) is 24.3 Å². The number of nitrogens with zero attached hydrogens (tertiary/aromatic N) is 2. The molecule has 0 radical (unpaired) electrons. The third-order valence-electron chi connectivity index (χ3n) is 8.56. The molecule has 3 N–H and O–H groups in total. The van der Waals surface area contributed by atoms with Crippen LogP contribution in [0.2, 0.25) is 0 Å². The molecule has 0 unspecified atom stereocenters. The first kappa shape index (κ1) is 30.4. The molecular weight excluding hydrogens is 584 g/mol. The fourth-order valence-corrected chi connectivity index (χ4v) is 6.12. The number of rotatable bonds is 8. The van der Waals surface area contributed by atoms with E-state index >= 15 is 0 Å². The average molecular weight is 619 g/mol. The average Bonchev–Trinajstić information content (AvgIpc) is 3.67. The first-order valence-corrected chi connectivity index (χ1v) is 15.4. The predicted molar refractivity (Wildman–Crippen MR) is 178 cm³/mol. The summed E-state index contributed by atoms with van der Waals surface area (Å²) in [5.41, 5.74) is 2.67. The van der Waals surface area contributed by atoms with Crippen molar-refractivity contribution in [2.45, 2.75) is 53.6 Å². The number of esters is 2. The molecule has 0 saturated heterocycles. The summed E-state index contributed by atoms with van der Waals surface area (Å²) in [7, 11) is 0. The SMILES string of the molecule is CCc1cc(C(=O)OC(=O)c2c(O)c(CC)c(-c3ccc4c(ccn4CC)c3)[nH]c2=O)c(=O)[nH]c1-c1ccc2c(ccn2CC)c1. The number of aromatic hydroxyl groups is 1. The van der Waals surface area contributed by atoms with Gasteiger partial charge in [-0.15, -0.1) is 0 Å². The number of aromatic amines is 2. The van der Waals surface area contributed by atoms with Crippen LogP contribution in [0.15, 0.2) is 76.6 Å². The zero-order valence-electron chi connectivity index (χ0n) is 26.1. The van der Waals surface area contributed by atoms with Crippen LogP contribution in [0.4, 0.5) is 0 Å². The van der Waals surface area contributed by atoms with Crippen molar-refractivity contribution in [3.05, 3.63) is 110 Å². The van der Waals surface area contributed by atoms with Crippen LogP contribution >= 0.6 is 0 Å². The van der Waals surface area contributed by atoms with Crippen LogP contribution in [-0.4, -0.2) is 36.1 Å². The highest BCUT2D eigenvalue weighted by Gasteiger charge is 2.27. The Bertz CT molecular complexity index is 2280. The minimum Gasteiger partial charge on any atom is -0.506 e. The number of carbonyl (C=O) groups is 2. The minimum atomic E-state index is -1.35. The van der Waals surface area contributed by atoms with Crippen LogP contribution in [0.25, 0.3) is 44.3 Å². The van der Waals surface area contributed by atoms with Gasteiger partial charge in [-0.2, -0.15) is 0 Å². The smallest absolute Gasteiger partial charge is 0.355 e. The Balaban J connectivity index is 1.31. The monoisotopic (exact) mass is 618 g/mol. The van der Waals surface area contributed by atoms with Gasteiger partial charge in [-0.3, -0.25) is 9.59 Å². The van der Waals surface area contributed by atoms with Gasteiger partial charge in [-0.1, -0.05) is 26.0 Å². The van der Waals surface area contributed by atoms with E-state index in [2.05, 4.69) is 26.0 Å². The first-order valence-electron chi connectivity index (χ1n) is 15.4. The summed E-state index contributed by atoms with van der Waals surface area (Å²) in [6, 6.07) is 16.9. The summed E-state index contributed by atoms with van der Waals surface area (Å²) < 4.78 is 9.22. The van der Waals surface area contributed by atoms with Gasteiger partial charge in [0.25, 0.3) is 11.1 Å². The molecule has 0 amide bonds. The van der Waals surface area contributed by atoms with Crippen molar-refractivity contribution in [2.75, 3.05) is 0 Å². The lowest BCUT2D eigenvalue weighted by Crippen LogP contribution is -2.27. The number of hydrogen-bond donors (Lipinski definition) is 3. The molecule has 0 fully saturated rings. The van der Waals surface area contributed by atoms with Crippen LogP contribution in [0.1, 0.15) is 59.5 Å². The summed E-state index contributed by atoms with van der Waals surface area (Å²) in [6.45, 7) is 9.39. The Morgan fingerprint density at radius 1 is 0.717 bits per heavy atom. The van der Waals surface area contributed by atoms with Gasteiger partial charge < -0.3 is 28.9 Å². The fraction of sp³-hybridized carbons (Fsp3) is 0.222. The molecule has 0 aliphatic rings. The van der Waals surface area contributed by atoms with Crippen LogP contribution in [0.5, 0.6) is 5.75 Å². The summed E-state index contributed by atoms with van der Waals surface area (Å²) >= 11 is 0. The van der Waals surface area contributed by atoms with E-state index in [0.29, 0.717) is 34.5 Å². The summed E-state index contributed by atoms with van der Waals surface area (Å²) in [4.78, 5) is 58.0. The van der Waals surface area contributed by atoms with E-state index in [1.807, 2.05) is 74.8 Å². The Morgan fingerprint density at radius 2 is 1.28 bits per heavy atom. The van der Waals surface area contributed by atoms with Crippen molar-refractivity contribution in [3.63, 3.8) is 0 Å². The molecule has 6 aromatic rings. The molecule has 0 spiro atoms. The van der Waals surface area contributed by atoms with Crippen LogP contribution in [0.3, 0.4) is 0 Å². The Kier molecular flexibility index (Phi) is 7.95. The van der Waals surface area contributed by atoms with Crippen molar-refractivity contribution in [1.82, 2.24) is 19.1 Å². The van der Waals surface area contributed by atoms with Crippen LogP contribution in [-0.2, 0) is 30.7 Å². The summed E-state index contributed by atoms with van der Waals surface area (Å²) in [6.07, 6.45) is 4.72. The predicted octanol–water partition coefficient (Wildman–Crippen LogP) is 6.17. The number of nitrogens with one attached hydrogen (secondary N) is 2. The number of pyridine rings is 2. The lowest BCUT2D eigenvalue weighted by atomic mass is 9.99. The lowest BCUT2D eigenvalue weighted by molar-refractivity contribution is 0.0393. The number of ether oxygens (including phenoxy) is 1. The van der Waals surface area contributed by atoms with Gasteiger partial charge >= 0.3 is 11.9 Å². The van der Waals surface area contributed by atoms with Gasteiger partial charge in [0.15, 0.2) is 5.56 Å². The van der Waals surface area contributed by atoms with Gasteiger partial charge in [0.1, 0.15) is 11.3 Å². The molecule has 234 valence electrons. The van der Waals surface area contributed by atoms with Gasteiger partial charge in [-0.25, -0.2) is 9.59 Å². The lowest BCUT2D eigenvalue weighted by Gasteiger charge is -2.14. The summed E-state index contributed by atoms with van der Waals surface area (Å²) in [5.74, 6) is -3.15. The minimum absolute atomic E-state index is 0.274. The molecule has 0 saturated carbocycles. The Hall–Kier alpha value is -5.64. The highest BCUT2D eigenvalue weighted by Crippen LogP contribution is 2.32. The zero-order chi connectivity index (χ0) is 32.7. The maximum absolute atomic E-state index is 13.2. The van der Waals surface area contributed by atoms with Gasteiger partial charge in [0.2, 0.25) is 0 Å². The van der Waals surface area contributed by atoms with Crippen molar-refractivity contribution < 1.29 is 19.4 Å². The number of H-pyrrole nitrogens is 2. The molecule has 2 aromatic carbocycles. The highest BCUT2D eigenvalue weighted by atomic mass is 16.6. The van der Waals surface area contributed by atoms with E-state index in [1.54, 1.807) is 6.92 Å². The van der Waals surface area contributed by atoms with Crippen LogP contribution < -0.4 is 11.1 Å². The third kappa shape index (κ3) is 5.11. The maximum Gasteiger partial charge on any atom is 0.355 e. The quantitative estimate of drug-likeness (QED) is 0.138. The number of aryl methyl sites for hydroxylation is 3. The topological polar surface area (TPSA) is 139 Å². The second-order valence-electron chi connectivity index (χ2n) is 11.1. The number of fused-ring (bicyclic) bond motifs is 2. The van der Waals surface area contributed by atoms with Gasteiger partial charge in [0, 0.05) is 52.9 Å². The zero-order valence-corrected chi connectivity index (χ0v) is 26.1. The normalized spacial score (nSPS) is 11.4. The van der Waals surface area contributed by atoms with E-state index < -0.39 is 34.4 Å². The molecule has 4 heterocycles. The number of benzene rings is 2. The molecule has 10 nitrogen and oxygen atoms in total. The van der Waals surface area contributed by atoms with E-state index in [1.165, 1.54) is 6.07 Å². The molecule has 0 bridgehead atoms. The van der Waals surface area contributed by atoms with E-state index in [0.717, 1.165) is 40.5 Å².